The van der Waals surface area contributed by atoms with Crippen LogP contribution in [-0.2, 0) is 11.2 Å². The topological polar surface area (TPSA) is 80.1 Å². The highest BCUT2D eigenvalue weighted by molar-refractivity contribution is 5.30. The lowest BCUT2D eigenvalue weighted by molar-refractivity contribution is 0.104. The van der Waals surface area contributed by atoms with Crippen molar-refractivity contribution in [2.45, 2.75) is 51.6 Å². The highest BCUT2D eigenvalue weighted by Crippen LogP contribution is 2.30. The Bertz CT molecular complexity index is 457. The number of aromatic nitrogens is 3. The zero-order chi connectivity index (χ0) is 14.7. The van der Waals surface area contributed by atoms with Crippen molar-refractivity contribution in [1.82, 2.24) is 15.2 Å². The molecule has 2 atom stereocenters. The Balaban J connectivity index is 1.56. The molecule has 0 aromatic carbocycles. The van der Waals surface area contributed by atoms with Gasteiger partial charge in [0.05, 0.1) is 6.10 Å². The summed E-state index contributed by atoms with van der Waals surface area (Å²) in [7, 11) is 0. The van der Waals surface area contributed by atoms with E-state index in [2.05, 4.69) is 27.0 Å². The number of nitrogens with one attached hydrogen (secondary N) is 1. The lowest BCUT2D eigenvalue weighted by atomic mass is 9.82. The standard InChI is InChI=1S/C15H27N5O/c1-15(10-16)7-3-8-20(11-15)14-17-13(18-19-14)6-5-12-4-2-9-21-12/h12H,2-11,16H2,1H3,(H,17,18,19). The van der Waals surface area contributed by atoms with E-state index in [0.29, 0.717) is 6.10 Å². The highest BCUT2D eigenvalue weighted by Gasteiger charge is 2.31. The molecule has 2 fully saturated rings. The second-order valence-electron chi connectivity index (χ2n) is 6.80. The summed E-state index contributed by atoms with van der Waals surface area (Å²) in [5.74, 6) is 1.80. The minimum atomic E-state index is 0.191. The van der Waals surface area contributed by atoms with Gasteiger partial charge in [-0.3, -0.25) is 5.10 Å². The third-order valence-electron chi connectivity index (χ3n) is 4.80. The van der Waals surface area contributed by atoms with E-state index in [4.69, 9.17) is 10.5 Å². The Morgan fingerprint density at radius 2 is 2.38 bits per heavy atom. The second kappa shape index (κ2) is 6.32. The van der Waals surface area contributed by atoms with Crippen LogP contribution >= 0.6 is 0 Å². The molecule has 0 bridgehead atoms. The number of nitrogens with zero attached hydrogens (tertiary/aromatic N) is 3. The van der Waals surface area contributed by atoms with Crippen LogP contribution in [0.5, 0.6) is 0 Å². The molecule has 1 aromatic heterocycles. The average Bonchev–Trinajstić information content (AvgIpc) is 3.17. The van der Waals surface area contributed by atoms with Gasteiger partial charge < -0.3 is 15.4 Å². The van der Waals surface area contributed by atoms with E-state index in [0.717, 1.165) is 57.3 Å². The number of anilines is 1. The van der Waals surface area contributed by atoms with Gasteiger partial charge in [-0.2, -0.15) is 4.98 Å². The molecule has 0 radical (unpaired) electrons. The summed E-state index contributed by atoms with van der Waals surface area (Å²) in [6, 6.07) is 0. The second-order valence-corrected chi connectivity index (χ2v) is 6.80. The van der Waals surface area contributed by atoms with E-state index in [1.165, 1.54) is 19.3 Å². The first-order valence-corrected chi connectivity index (χ1v) is 8.16. The van der Waals surface area contributed by atoms with Crippen LogP contribution < -0.4 is 10.6 Å². The molecule has 0 spiro atoms. The van der Waals surface area contributed by atoms with Crippen LogP contribution in [0.4, 0.5) is 5.95 Å². The molecule has 21 heavy (non-hydrogen) atoms. The van der Waals surface area contributed by atoms with E-state index in [-0.39, 0.29) is 5.41 Å². The SMILES string of the molecule is CC1(CN)CCCN(c2n[nH]c(CCC3CCCO3)n2)C1. The summed E-state index contributed by atoms with van der Waals surface area (Å²) in [6.45, 7) is 5.87. The van der Waals surface area contributed by atoms with Gasteiger partial charge in [-0.05, 0) is 44.1 Å². The lowest BCUT2D eigenvalue weighted by Crippen LogP contribution is -2.46. The lowest BCUT2D eigenvalue weighted by Gasteiger charge is -2.39. The van der Waals surface area contributed by atoms with Crippen LogP contribution in [0.15, 0.2) is 0 Å². The van der Waals surface area contributed by atoms with Crippen molar-refractivity contribution in [3.05, 3.63) is 5.82 Å². The van der Waals surface area contributed by atoms with Gasteiger partial charge >= 0.3 is 0 Å². The van der Waals surface area contributed by atoms with Gasteiger partial charge in [0.2, 0.25) is 5.95 Å². The quantitative estimate of drug-likeness (QED) is 0.859. The third kappa shape index (κ3) is 3.55. The smallest absolute Gasteiger partial charge is 0.244 e. The van der Waals surface area contributed by atoms with Gasteiger partial charge in [0, 0.05) is 26.1 Å². The van der Waals surface area contributed by atoms with E-state index in [1.54, 1.807) is 0 Å². The Morgan fingerprint density at radius 1 is 1.48 bits per heavy atom. The molecule has 0 saturated carbocycles. The normalized spacial score (nSPS) is 30.0. The minimum Gasteiger partial charge on any atom is -0.378 e. The number of ether oxygens (including phenoxy) is 1. The van der Waals surface area contributed by atoms with Crippen molar-refractivity contribution in [3.63, 3.8) is 0 Å². The Kier molecular flexibility index (Phi) is 4.45. The first-order valence-electron chi connectivity index (χ1n) is 8.16. The van der Waals surface area contributed by atoms with Crippen LogP contribution in [0.3, 0.4) is 0 Å². The molecule has 2 saturated heterocycles. The molecule has 0 aliphatic carbocycles. The summed E-state index contributed by atoms with van der Waals surface area (Å²) < 4.78 is 5.65. The Labute approximate surface area is 126 Å². The fourth-order valence-electron chi connectivity index (χ4n) is 3.36. The maximum Gasteiger partial charge on any atom is 0.244 e. The molecule has 6 heteroatoms. The number of nitrogens with two attached hydrogens (primary N) is 1. The zero-order valence-electron chi connectivity index (χ0n) is 13.0. The monoisotopic (exact) mass is 293 g/mol. The molecular weight excluding hydrogens is 266 g/mol. The Morgan fingerprint density at radius 3 is 3.14 bits per heavy atom. The van der Waals surface area contributed by atoms with Crippen LogP contribution in [0.2, 0.25) is 0 Å². The molecule has 118 valence electrons. The Hall–Kier alpha value is -1.14. The minimum absolute atomic E-state index is 0.191. The van der Waals surface area contributed by atoms with Gasteiger partial charge in [-0.15, -0.1) is 5.10 Å². The summed E-state index contributed by atoms with van der Waals surface area (Å²) in [5.41, 5.74) is 6.10. The number of H-pyrrole nitrogens is 1. The number of hydrogen-bond donors (Lipinski definition) is 2. The van der Waals surface area contributed by atoms with Crippen molar-refractivity contribution >= 4 is 5.95 Å². The summed E-state index contributed by atoms with van der Waals surface area (Å²) >= 11 is 0. The molecule has 1 aromatic rings. The van der Waals surface area contributed by atoms with Gasteiger partial charge in [0.25, 0.3) is 0 Å². The van der Waals surface area contributed by atoms with Crippen LogP contribution in [-0.4, -0.2) is 47.5 Å². The molecule has 2 aliphatic rings. The van der Waals surface area contributed by atoms with Gasteiger partial charge in [-0.1, -0.05) is 6.92 Å². The maximum atomic E-state index is 5.91. The number of hydrogen-bond acceptors (Lipinski definition) is 5. The zero-order valence-corrected chi connectivity index (χ0v) is 13.0. The van der Waals surface area contributed by atoms with Crippen molar-refractivity contribution in [2.24, 2.45) is 11.1 Å². The van der Waals surface area contributed by atoms with Crippen LogP contribution in [0.25, 0.3) is 0 Å². The number of rotatable bonds is 5. The first-order chi connectivity index (χ1) is 10.2. The molecule has 3 heterocycles. The summed E-state index contributed by atoms with van der Waals surface area (Å²) in [6.07, 6.45) is 7.09. The highest BCUT2D eigenvalue weighted by atomic mass is 16.5. The maximum absolute atomic E-state index is 5.91. The molecule has 0 amide bonds. The molecule has 6 nitrogen and oxygen atoms in total. The molecule has 3 rings (SSSR count). The average molecular weight is 293 g/mol. The fraction of sp³-hybridized carbons (Fsp3) is 0.867. The van der Waals surface area contributed by atoms with E-state index in [1.807, 2.05) is 0 Å². The van der Waals surface area contributed by atoms with E-state index in [9.17, 15) is 0 Å². The predicted molar refractivity (Wildman–Crippen MR) is 82.3 cm³/mol. The predicted octanol–water partition coefficient (Wildman–Crippen LogP) is 1.48. The van der Waals surface area contributed by atoms with Crippen LogP contribution in [0, 0.1) is 5.41 Å². The largest absolute Gasteiger partial charge is 0.378 e. The molecule has 2 unspecified atom stereocenters. The summed E-state index contributed by atoms with van der Waals surface area (Å²) in [5, 5.41) is 7.48. The fourth-order valence-corrected chi connectivity index (χ4v) is 3.36. The van der Waals surface area contributed by atoms with Crippen molar-refractivity contribution in [1.29, 1.82) is 0 Å². The van der Waals surface area contributed by atoms with Gasteiger partial charge in [0.15, 0.2) is 0 Å². The first kappa shape index (κ1) is 14.8. The van der Waals surface area contributed by atoms with E-state index < -0.39 is 0 Å². The van der Waals surface area contributed by atoms with Crippen molar-refractivity contribution in [2.75, 3.05) is 31.1 Å². The third-order valence-corrected chi connectivity index (χ3v) is 4.80. The van der Waals surface area contributed by atoms with E-state index >= 15 is 0 Å². The molecule has 2 aliphatic heterocycles. The summed E-state index contributed by atoms with van der Waals surface area (Å²) in [4.78, 5) is 6.92. The van der Waals surface area contributed by atoms with Crippen molar-refractivity contribution < 1.29 is 4.74 Å². The molecule has 3 N–H and O–H groups in total. The van der Waals surface area contributed by atoms with Crippen LogP contribution in [0.1, 0.15) is 44.9 Å². The number of aromatic amines is 1. The number of aryl methyl sites for hydroxylation is 1. The number of piperidine rings is 1. The van der Waals surface area contributed by atoms with Gasteiger partial charge in [0.1, 0.15) is 5.82 Å². The van der Waals surface area contributed by atoms with Gasteiger partial charge in [-0.25, -0.2) is 0 Å². The van der Waals surface area contributed by atoms with Crippen molar-refractivity contribution in [3.8, 4) is 0 Å². The molecular formula is C15H27N5O.